The molecule has 0 aliphatic heterocycles. The van der Waals surface area contributed by atoms with E-state index in [1.165, 1.54) is 12.1 Å². The molecule has 0 saturated heterocycles. The zero-order chi connectivity index (χ0) is 28.1. The van der Waals surface area contributed by atoms with Crippen LogP contribution in [0.1, 0.15) is 56.1 Å². The fraction of sp³-hybridized carbons (Fsp3) is 0.423. The third-order valence-corrected chi connectivity index (χ3v) is 7.62. The van der Waals surface area contributed by atoms with Crippen LogP contribution in [0.25, 0.3) is 5.76 Å². The SMILES string of the molecule is CC1c2cccc(O)c2C(O)=C2C(=O)C3(O)C(O)=C(C(N)=O)C(=O)CC3C(OC(=O)CCCCC(=O)O)C21. The van der Waals surface area contributed by atoms with Crippen molar-refractivity contribution in [1.29, 1.82) is 0 Å². The molecule has 1 aromatic carbocycles. The van der Waals surface area contributed by atoms with Crippen molar-refractivity contribution in [1.82, 2.24) is 0 Å². The Hall–Kier alpha value is -4.19. The number of carbonyl (C=O) groups is 5. The van der Waals surface area contributed by atoms with Gasteiger partial charge in [-0.3, -0.25) is 24.0 Å². The third-order valence-electron chi connectivity index (χ3n) is 7.62. The summed E-state index contributed by atoms with van der Waals surface area (Å²) in [6.45, 7) is 1.65. The number of nitrogens with two attached hydrogens (primary N) is 1. The van der Waals surface area contributed by atoms with Crippen molar-refractivity contribution in [3.63, 3.8) is 0 Å². The minimum atomic E-state index is -2.94. The Kier molecular flexibility index (Phi) is 6.79. The molecule has 0 heterocycles. The first-order valence-electron chi connectivity index (χ1n) is 12.0. The number of hydrogen-bond acceptors (Lipinski definition) is 10. The molecular formula is C26H27NO11. The van der Waals surface area contributed by atoms with Crippen molar-refractivity contribution in [2.24, 2.45) is 17.6 Å². The summed E-state index contributed by atoms with van der Waals surface area (Å²) in [5.74, 6) is -11.1. The van der Waals surface area contributed by atoms with Gasteiger partial charge in [-0.15, -0.1) is 0 Å². The number of aromatic hydroxyl groups is 1. The lowest BCUT2D eigenvalue weighted by Crippen LogP contribution is -2.64. The van der Waals surface area contributed by atoms with E-state index in [0.717, 1.165) is 0 Å². The van der Waals surface area contributed by atoms with Crippen LogP contribution in [0.4, 0.5) is 0 Å². The molecule has 4 rings (SSSR count). The molecule has 38 heavy (non-hydrogen) atoms. The van der Waals surface area contributed by atoms with Crippen LogP contribution in [0.15, 0.2) is 35.1 Å². The number of phenolic OH excluding ortho intramolecular Hbond substituents is 1. The second-order valence-electron chi connectivity index (χ2n) is 9.79. The molecule has 1 fully saturated rings. The van der Waals surface area contributed by atoms with Gasteiger partial charge in [-0.25, -0.2) is 0 Å². The molecule has 0 bridgehead atoms. The number of Topliss-reactive ketones (excluding diaryl/α,β-unsaturated/α-hetero) is 2. The summed E-state index contributed by atoms with van der Waals surface area (Å²) in [6.07, 6.45) is -2.15. The number of fused-ring (bicyclic) bond motifs is 3. The zero-order valence-electron chi connectivity index (χ0n) is 20.3. The highest BCUT2D eigenvalue weighted by atomic mass is 16.5. The number of carboxylic acids is 1. The number of hydrogen-bond donors (Lipinski definition) is 6. The van der Waals surface area contributed by atoms with Crippen molar-refractivity contribution in [3.05, 3.63) is 46.2 Å². The Bertz CT molecular complexity index is 1330. The molecule has 1 saturated carbocycles. The predicted octanol–water partition coefficient (Wildman–Crippen LogP) is 1.15. The highest BCUT2D eigenvalue weighted by Gasteiger charge is 2.66. The largest absolute Gasteiger partial charge is 0.508 e. The van der Waals surface area contributed by atoms with E-state index in [2.05, 4.69) is 0 Å². The third kappa shape index (κ3) is 4.01. The van der Waals surface area contributed by atoms with Gasteiger partial charge in [0.05, 0.1) is 5.56 Å². The standard InChI is InChI=1S/C26H27NO11/c1-10-11-5-4-6-13(28)18(11)21(33)20-17(10)22(38-16(32)8-3-2-7-15(30)31)12-9-14(29)19(25(27)36)23(34)26(12,37)24(20)35/h4-6,10,12,17,22,28,33-34,37H,2-3,7-9H2,1H3,(H2,27,36)(H,30,31). The van der Waals surface area contributed by atoms with E-state index in [-0.39, 0.29) is 37.0 Å². The van der Waals surface area contributed by atoms with Crippen LogP contribution in [0.5, 0.6) is 5.75 Å². The van der Waals surface area contributed by atoms with Gasteiger partial charge in [0.15, 0.2) is 11.4 Å². The molecule has 3 aliphatic rings. The van der Waals surface area contributed by atoms with Gasteiger partial charge in [-0.2, -0.15) is 0 Å². The second-order valence-corrected chi connectivity index (χ2v) is 9.79. The van der Waals surface area contributed by atoms with E-state index in [4.69, 9.17) is 15.6 Å². The molecule has 5 unspecified atom stereocenters. The molecule has 7 N–H and O–H groups in total. The highest BCUT2D eigenvalue weighted by Crippen LogP contribution is 2.56. The first-order chi connectivity index (χ1) is 17.8. The number of benzene rings is 1. The summed E-state index contributed by atoms with van der Waals surface area (Å²) in [5, 5.41) is 52.8. The maximum absolute atomic E-state index is 13.8. The van der Waals surface area contributed by atoms with Gasteiger partial charge >= 0.3 is 11.9 Å². The second kappa shape index (κ2) is 9.60. The average Bonchev–Trinajstić information content (AvgIpc) is 2.83. The Labute approximate surface area is 216 Å². The van der Waals surface area contributed by atoms with Gasteiger partial charge in [0.25, 0.3) is 5.91 Å². The highest BCUT2D eigenvalue weighted by molar-refractivity contribution is 6.23. The van der Waals surface area contributed by atoms with Crippen molar-refractivity contribution in [2.45, 2.75) is 56.7 Å². The van der Waals surface area contributed by atoms with Gasteiger partial charge in [-0.05, 0) is 30.4 Å². The van der Waals surface area contributed by atoms with Crippen molar-refractivity contribution in [3.8, 4) is 5.75 Å². The number of primary amides is 1. The number of carbonyl (C=O) groups excluding carboxylic acids is 4. The van der Waals surface area contributed by atoms with Crippen molar-refractivity contribution >= 4 is 35.2 Å². The number of rotatable bonds is 7. The lowest BCUT2D eigenvalue weighted by molar-refractivity contribution is -0.178. The van der Waals surface area contributed by atoms with E-state index in [0.29, 0.717) is 5.56 Å². The minimum absolute atomic E-state index is 0.0779. The zero-order valence-corrected chi connectivity index (χ0v) is 20.3. The molecule has 0 aromatic heterocycles. The maximum Gasteiger partial charge on any atom is 0.306 e. The Morgan fingerprint density at radius 1 is 1.11 bits per heavy atom. The molecule has 3 aliphatic carbocycles. The maximum atomic E-state index is 13.8. The number of aliphatic hydroxyl groups excluding tert-OH is 2. The number of aliphatic hydroxyl groups is 3. The lowest BCUT2D eigenvalue weighted by Gasteiger charge is -2.51. The van der Waals surface area contributed by atoms with Gasteiger partial charge < -0.3 is 36.0 Å². The fourth-order valence-corrected chi connectivity index (χ4v) is 5.84. The predicted molar refractivity (Wildman–Crippen MR) is 127 cm³/mol. The van der Waals surface area contributed by atoms with Gasteiger partial charge in [0, 0.05) is 36.7 Å². The van der Waals surface area contributed by atoms with E-state index in [1.807, 2.05) is 0 Å². The first kappa shape index (κ1) is 26.9. The molecule has 12 heteroatoms. The topological polar surface area (TPSA) is 222 Å². The number of unbranched alkanes of at least 4 members (excludes halogenated alkanes) is 1. The summed E-state index contributed by atoms with van der Waals surface area (Å²) in [5.41, 5.74) is 1.20. The van der Waals surface area contributed by atoms with Crippen LogP contribution in [0.3, 0.4) is 0 Å². The van der Waals surface area contributed by atoms with Crippen LogP contribution < -0.4 is 5.73 Å². The number of ether oxygens (including phenoxy) is 1. The Balaban J connectivity index is 1.86. The number of aliphatic carboxylic acids is 1. The number of carboxylic acid groups (broad SMARTS) is 1. The number of esters is 1. The van der Waals surface area contributed by atoms with Gasteiger partial charge in [-0.1, -0.05) is 19.1 Å². The van der Waals surface area contributed by atoms with Crippen molar-refractivity contribution in [2.75, 3.05) is 0 Å². The molecule has 5 atom stereocenters. The Morgan fingerprint density at radius 3 is 2.39 bits per heavy atom. The summed E-state index contributed by atoms with van der Waals surface area (Å²) in [6, 6.07) is 4.40. The number of ketones is 2. The van der Waals surface area contributed by atoms with Crippen LogP contribution >= 0.6 is 0 Å². The Morgan fingerprint density at radius 2 is 1.76 bits per heavy atom. The summed E-state index contributed by atoms with van der Waals surface area (Å²) >= 11 is 0. The van der Waals surface area contributed by atoms with Crippen molar-refractivity contribution < 1.29 is 54.2 Å². The van der Waals surface area contributed by atoms with E-state index in [1.54, 1.807) is 13.0 Å². The summed E-state index contributed by atoms with van der Waals surface area (Å²) < 4.78 is 5.70. The molecule has 202 valence electrons. The smallest absolute Gasteiger partial charge is 0.306 e. The number of phenols is 1. The fourth-order valence-electron chi connectivity index (χ4n) is 5.84. The normalized spacial score (nSPS) is 28.4. The lowest BCUT2D eigenvalue weighted by atomic mass is 9.55. The van der Waals surface area contributed by atoms with Gasteiger partial charge in [0.2, 0.25) is 5.78 Å². The average molecular weight is 529 g/mol. The summed E-state index contributed by atoms with van der Waals surface area (Å²) in [4.78, 5) is 62.0. The monoisotopic (exact) mass is 529 g/mol. The van der Waals surface area contributed by atoms with Gasteiger partial charge in [0.1, 0.15) is 28.9 Å². The molecule has 12 nitrogen and oxygen atoms in total. The molecule has 0 radical (unpaired) electrons. The van der Waals surface area contributed by atoms with E-state index in [9.17, 15) is 44.4 Å². The molecular weight excluding hydrogens is 502 g/mol. The van der Waals surface area contributed by atoms with Crippen LogP contribution in [-0.4, -0.2) is 66.6 Å². The van der Waals surface area contributed by atoms with E-state index >= 15 is 0 Å². The van der Waals surface area contributed by atoms with Crippen LogP contribution in [-0.2, 0) is 28.7 Å². The molecule has 1 aromatic rings. The number of amides is 1. The van der Waals surface area contributed by atoms with Crippen LogP contribution in [0.2, 0.25) is 0 Å². The minimum Gasteiger partial charge on any atom is -0.508 e. The van der Waals surface area contributed by atoms with E-state index < -0.39 is 88.0 Å². The first-order valence-corrected chi connectivity index (χ1v) is 12.0. The summed E-state index contributed by atoms with van der Waals surface area (Å²) in [7, 11) is 0. The quantitative estimate of drug-likeness (QED) is 0.167. The molecule has 0 spiro atoms. The molecule has 1 amide bonds. The van der Waals surface area contributed by atoms with Crippen LogP contribution in [0, 0.1) is 11.8 Å².